The Morgan fingerprint density at radius 1 is 0.800 bits per heavy atom. The molecule has 0 saturated heterocycles. The van der Waals surface area contributed by atoms with Gasteiger partial charge in [-0.05, 0) is 23.8 Å². The number of carbonyl (C=O) groups excluding carboxylic acids is 3. The van der Waals surface area contributed by atoms with Crippen molar-refractivity contribution in [2.75, 3.05) is 6.54 Å². The van der Waals surface area contributed by atoms with E-state index in [-0.39, 0.29) is 12.4 Å². The van der Waals surface area contributed by atoms with Crippen LogP contribution in [0.15, 0.2) is 97.1 Å². The molecule has 0 bridgehead atoms. The molecule has 3 aromatic carbocycles. The molecule has 1 heterocycles. The van der Waals surface area contributed by atoms with Crippen LogP contribution in [0.25, 0.3) is 23.2 Å². The lowest BCUT2D eigenvalue weighted by Crippen LogP contribution is -2.46. The Balaban J connectivity index is 1.36. The molecule has 1 aromatic heterocycles. The molecule has 0 spiro atoms. The van der Waals surface area contributed by atoms with Crippen molar-refractivity contribution in [3.8, 4) is 17.1 Å². The number of hydrogen-bond acceptors (Lipinski definition) is 5. The fraction of sp³-hybridized carbons (Fsp3) is 0.0385. The van der Waals surface area contributed by atoms with Gasteiger partial charge in [0.25, 0.3) is 5.91 Å². The first kappa shape index (κ1) is 23.1. The smallest absolute Gasteiger partial charge is 0.309 e. The Kier molecular flexibility index (Phi) is 7.39. The number of carbonyl (C=O) groups is 3. The fourth-order valence-corrected chi connectivity index (χ4v) is 3.12. The number of rotatable bonds is 7. The monoisotopic (exact) mass is 466 g/mol. The zero-order valence-electron chi connectivity index (χ0n) is 18.6. The van der Waals surface area contributed by atoms with E-state index in [2.05, 4.69) is 26.3 Å². The Morgan fingerprint density at radius 3 is 2.11 bits per heavy atom. The van der Waals surface area contributed by atoms with E-state index in [4.69, 9.17) is 0 Å². The summed E-state index contributed by atoms with van der Waals surface area (Å²) in [5, 5.41) is 6.77. The van der Waals surface area contributed by atoms with Crippen LogP contribution in [0, 0.1) is 0 Å². The van der Waals surface area contributed by atoms with E-state index >= 15 is 0 Å². The summed E-state index contributed by atoms with van der Waals surface area (Å²) < 4.78 is 1.56. The first-order valence-electron chi connectivity index (χ1n) is 10.8. The third kappa shape index (κ3) is 6.26. The molecule has 9 heteroatoms. The first-order chi connectivity index (χ1) is 17.1. The van der Waals surface area contributed by atoms with Gasteiger partial charge in [-0.3, -0.25) is 25.2 Å². The lowest BCUT2D eigenvalue weighted by Gasteiger charge is -2.06. The van der Waals surface area contributed by atoms with Crippen LogP contribution in [0.3, 0.4) is 0 Å². The second kappa shape index (κ2) is 11.2. The average Bonchev–Trinajstić information content (AvgIpc) is 3.37. The molecule has 0 aliphatic rings. The zero-order chi connectivity index (χ0) is 24.5. The predicted molar refractivity (Wildman–Crippen MR) is 131 cm³/mol. The Morgan fingerprint density at radius 2 is 1.43 bits per heavy atom. The van der Waals surface area contributed by atoms with Crippen LogP contribution in [0.2, 0.25) is 0 Å². The Labute approximate surface area is 201 Å². The number of nitrogens with zero attached hydrogens (tertiary/aromatic N) is 3. The summed E-state index contributed by atoms with van der Waals surface area (Å²) in [6.45, 7) is -0.320. The van der Waals surface area contributed by atoms with Gasteiger partial charge in [0, 0.05) is 11.6 Å². The van der Waals surface area contributed by atoms with Crippen molar-refractivity contribution in [3.63, 3.8) is 0 Å². The maximum absolute atomic E-state index is 12.6. The molecule has 3 N–H and O–H groups in total. The van der Waals surface area contributed by atoms with Crippen LogP contribution in [-0.4, -0.2) is 39.0 Å². The molecular weight excluding hydrogens is 444 g/mol. The maximum atomic E-state index is 12.6. The number of amides is 3. The van der Waals surface area contributed by atoms with Crippen molar-refractivity contribution < 1.29 is 14.4 Å². The molecule has 9 nitrogen and oxygen atoms in total. The van der Waals surface area contributed by atoms with Crippen LogP contribution in [0.4, 0.5) is 0 Å². The van der Waals surface area contributed by atoms with Crippen LogP contribution in [0.1, 0.15) is 16.2 Å². The van der Waals surface area contributed by atoms with Crippen molar-refractivity contribution in [2.24, 2.45) is 0 Å². The molecule has 0 fully saturated rings. The minimum absolute atomic E-state index is 0.122. The van der Waals surface area contributed by atoms with Crippen LogP contribution >= 0.6 is 0 Å². The summed E-state index contributed by atoms with van der Waals surface area (Å²) in [4.78, 5) is 40.9. The lowest BCUT2D eigenvalue weighted by molar-refractivity contribution is -0.124. The summed E-state index contributed by atoms with van der Waals surface area (Å²) in [7, 11) is 0. The molecule has 4 rings (SSSR count). The predicted octanol–water partition coefficient (Wildman–Crippen LogP) is 2.52. The molecule has 0 aliphatic heterocycles. The highest BCUT2D eigenvalue weighted by Crippen LogP contribution is 2.20. The topological polar surface area (TPSA) is 118 Å². The third-order valence-electron chi connectivity index (χ3n) is 4.81. The standard InChI is InChI=1S/C26H22N6O3/c33-22(17-16-19-10-4-1-5-11-19)27-18-23(34)29-30-26(35)24-28-25(20-12-6-2-7-13-20)32(31-24)21-14-8-3-9-15-21/h1-17H,18H2,(H,27,33)(H,29,34)(H,30,35)/b17-16+. The number of nitrogens with one attached hydrogen (secondary N) is 3. The maximum Gasteiger partial charge on any atom is 0.309 e. The van der Waals surface area contributed by atoms with Gasteiger partial charge in [-0.25, -0.2) is 9.67 Å². The third-order valence-corrected chi connectivity index (χ3v) is 4.81. The Bertz CT molecular complexity index is 1280. The van der Waals surface area contributed by atoms with Gasteiger partial charge in [0.05, 0.1) is 12.2 Å². The summed E-state index contributed by atoms with van der Waals surface area (Å²) in [5.74, 6) is -1.38. The van der Waals surface area contributed by atoms with E-state index in [0.29, 0.717) is 5.82 Å². The summed E-state index contributed by atoms with van der Waals surface area (Å²) in [5.41, 5.74) is 6.89. The van der Waals surface area contributed by atoms with Crippen LogP contribution in [0.5, 0.6) is 0 Å². The highest BCUT2D eigenvalue weighted by molar-refractivity contribution is 5.95. The Hall–Kier alpha value is -5.05. The average molecular weight is 467 g/mol. The molecule has 3 amide bonds. The van der Waals surface area contributed by atoms with Gasteiger partial charge in [0.15, 0.2) is 5.82 Å². The van der Waals surface area contributed by atoms with Gasteiger partial charge in [0.2, 0.25) is 11.7 Å². The van der Waals surface area contributed by atoms with E-state index in [1.807, 2.05) is 91.0 Å². The molecule has 35 heavy (non-hydrogen) atoms. The first-order valence-corrected chi connectivity index (χ1v) is 10.8. The largest absolute Gasteiger partial charge is 0.343 e. The minimum Gasteiger partial charge on any atom is -0.343 e. The van der Waals surface area contributed by atoms with Crippen LogP contribution in [-0.2, 0) is 9.59 Å². The van der Waals surface area contributed by atoms with E-state index in [1.54, 1.807) is 10.8 Å². The SMILES string of the molecule is O=C(/C=C/c1ccccc1)NCC(=O)NNC(=O)c1nc(-c2ccccc2)n(-c2ccccc2)n1. The second-order valence-electron chi connectivity index (χ2n) is 7.34. The molecule has 0 radical (unpaired) electrons. The van der Waals surface area contributed by atoms with Gasteiger partial charge in [-0.2, -0.15) is 0 Å². The van der Waals surface area contributed by atoms with Crippen molar-refractivity contribution >= 4 is 23.8 Å². The van der Waals surface area contributed by atoms with Crippen LogP contribution < -0.4 is 16.2 Å². The highest BCUT2D eigenvalue weighted by atomic mass is 16.2. The number of aromatic nitrogens is 3. The summed E-state index contributed by atoms with van der Waals surface area (Å²) in [6, 6.07) is 27.9. The highest BCUT2D eigenvalue weighted by Gasteiger charge is 2.19. The van der Waals surface area contributed by atoms with Crippen molar-refractivity contribution in [1.29, 1.82) is 0 Å². The van der Waals surface area contributed by atoms with Crippen molar-refractivity contribution in [3.05, 3.63) is 108 Å². The van der Waals surface area contributed by atoms with Gasteiger partial charge >= 0.3 is 5.91 Å². The quantitative estimate of drug-likeness (QED) is 0.286. The molecule has 4 aromatic rings. The zero-order valence-corrected chi connectivity index (χ0v) is 18.6. The van der Waals surface area contributed by atoms with E-state index in [9.17, 15) is 14.4 Å². The summed E-state index contributed by atoms with van der Waals surface area (Å²) in [6.07, 6.45) is 2.96. The number of hydrogen-bond donors (Lipinski definition) is 3. The van der Waals surface area contributed by atoms with Gasteiger partial charge < -0.3 is 5.32 Å². The van der Waals surface area contributed by atoms with E-state index in [1.165, 1.54) is 6.08 Å². The van der Waals surface area contributed by atoms with Gasteiger partial charge in [-0.15, -0.1) is 5.10 Å². The van der Waals surface area contributed by atoms with Crippen molar-refractivity contribution in [1.82, 2.24) is 30.9 Å². The molecule has 0 aliphatic carbocycles. The molecular formula is C26H22N6O3. The number of benzene rings is 3. The van der Waals surface area contributed by atoms with Crippen molar-refractivity contribution in [2.45, 2.75) is 0 Å². The number of para-hydroxylation sites is 1. The molecule has 174 valence electrons. The van der Waals surface area contributed by atoms with Gasteiger partial charge in [0.1, 0.15) is 0 Å². The van der Waals surface area contributed by atoms with E-state index in [0.717, 1.165) is 16.8 Å². The lowest BCUT2D eigenvalue weighted by atomic mass is 10.2. The molecule has 0 atom stereocenters. The second-order valence-corrected chi connectivity index (χ2v) is 7.34. The number of hydrazine groups is 1. The normalized spacial score (nSPS) is 10.6. The fourth-order valence-electron chi connectivity index (χ4n) is 3.12. The summed E-state index contributed by atoms with van der Waals surface area (Å²) >= 11 is 0. The van der Waals surface area contributed by atoms with E-state index < -0.39 is 17.7 Å². The molecule has 0 unspecified atom stereocenters. The van der Waals surface area contributed by atoms with Gasteiger partial charge in [-0.1, -0.05) is 78.9 Å². The minimum atomic E-state index is -0.694. The molecule has 0 saturated carbocycles.